The van der Waals surface area contributed by atoms with Gasteiger partial charge in [-0.05, 0) is 26.8 Å². The summed E-state index contributed by atoms with van der Waals surface area (Å²) in [6, 6.07) is 7.25. The van der Waals surface area contributed by atoms with Crippen molar-refractivity contribution in [2.24, 2.45) is 0 Å². The van der Waals surface area contributed by atoms with Crippen LogP contribution in [0.25, 0.3) is 0 Å². The number of anilines is 1. The second-order valence-electron chi connectivity index (χ2n) is 8.48. The molecule has 1 atom stereocenters. The highest BCUT2D eigenvalue weighted by atomic mass is 32.2. The maximum Gasteiger partial charge on any atom is 0.254 e. The van der Waals surface area contributed by atoms with Gasteiger partial charge in [0.2, 0.25) is 15.9 Å². The molecule has 166 valence electrons. The standard InChI is InChI=1S/C20H30N4O5S/c1-19(2,3)30(27,28)22-14-20(23-9-11-29-12-10-23)15-7-5-6-8-16(15)24(18(20)26)13-17(25)21-4/h5-8,22H,9-14H2,1-4H3,(H,21,25). The van der Waals surface area contributed by atoms with Gasteiger partial charge in [-0.1, -0.05) is 18.2 Å². The third-order valence-corrected chi connectivity index (χ3v) is 7.83. The highest BCUT2D eigenvalue weighted by molar-refractivity contribution is 7.90. The summed E-state index contributed by atoms with van der Waals surface area (Å²) in [6.07, 6.45) is 0. The number of carbonyl (C=O) groups excluding carboxylic acids is 2. The van der Waals surface area contributed by atoms with E-state index in [9.17, 15) is 18.0 Å². The zero-order valence-corrected chi connectivity index (χ0v) is 18.7. The van der Waals surface area contributed by atoms with Crippen LogP contribution in [0.5, 0.6) is 0 Å². The Morgan fingerprint density at radius 2 is 1.83 bits per heavy atom. The molecule has 1 unspecified atom stereocenters. The number of ether oxygens (including phenoxy) is 1. The monoisotopic (exact) mass is 438 g/mol. The lowest BCUT2D eigenvalue weighted by molar-refractivity contribution is -0.134. The van der Waals surface area contributed by atoms with Gasteiger partial charge in [0.15, 0.2) is 0 Å². The van der Waals surface area contributed by atoms with Crippen LogP contribution in [0.3, 0.4) is 0 Å². The molecular weight excluding hydrogens is 408 g/mol. The summed E-state index contributed by atoms with van der Waals surface area (Å²) < 4.78 is 32.8. The van der Waals surface area contributed by atoms with Crippen LogP contribution in [0.4, 0.5) is 5.69 Å². The minimum Gasteiger partial charge on any atom is -0.379 e. The third-order valence-electron chi connectivity index (χ3n) is 5.70. The molecule has 10 heteroatoms. The molecule has 1 saturated heterocycles. The second kappa shape index (κ2) is 8.26. The number of likely N-dealkylation sites (N-methyl/N-ethyl adjacent to an activating group) is 1. The van der Waals surface area contributed by atoms with Crippen molar-refractivity contribution in [2.45, 2.75) is 31.1 Å². The highest BCUT2D eigenvalue weighted by Crippen LogP contribution is 2.44. The molecular formula is C20H30N4O5S. The number of benzene rings is 1. The number of nitrogens with one attached hydrogen (secondary N) is 2. The lowest BCUT2D eigenvalue weighted by Gasteiger charge is -2.42. The largest absolute Gasteiger partial charge is 0.379 e. The first-order valence-corrected chi connectivity index (χ1v) is 11.5. The summed E-state index contributed by atoms with van der Waals surface area (Å²) in [4.78, 5) is 29.3. The molecule has 2 aliphatic heterocycles. The first kappa shape index (κ1) is 22.7. The Morgan fingerprint density at radius 1 is 1.20 bits per heavy atom. The van der Waals surface area contributed by atoms with E-state index in [1.54, 1.807) is 32.9 Å². The van der Waals surface area contributed by atoms with E-state index in [1.807, 2.05) is 17.0 Å². The summed E-state index contributed by atoms with van der Waals surface area (Å²) in [5.41, 5.74) is 0.0668. The summed E-state index contributed by atoms with van der Waals surface area (Å²) in [6.45, 7) is 6.42. The summed E-state index contributed by atoms with van der Waals surface area (Å²) >= 11 is 0. The first-order valence-electron chi connectivity index (χ1n) is 9.98. The van der Waals surface area contributed by atoms with Crippen LogP contribution in [0, 0.1) is 0 Å². The van der Waals surface area contributed by atoms with Crippen molar-refractivity contribution >= 4 is 27.5 Å². The number of carbonyl (C=O) groups is 2. The second-order valence-corrected chi connectivity index (χ2v) is 11.0. The van der Waals surface area contributed by atoms with E-state index >= 15 is 0 Å². The van der Waals surface area contributed by atoms with Crippen molar-refractivity contribution in [1.29, 1.82) is 0 Å². The molecule has 1 aromatic rings. The van der Waals surface area contributed by atoms with Gasteiger partial charge in [-0.15, -0.1) is 0 Å². The topological polar surface area (TPSA) is 108 Å². The minimum atomic E-state index is -3.69. The number of nitrogens with zero attached hydrogens (tertiary/aromatic N) is 2. The molecule has 1 fully saturated rings. The number of para-hydroxylation sites is 1. The molecule has 0 saturated carbocycles. The van der Waals surface area contributed by atoms with Crippen molar-refractivity contribution < 1.29 is 22.7 Å². The zero-order chi connectivity index (χ0) is 22.2. The molecule has 2 N–H and O–H groups in total. The lowest BCUT2D eigenvalue weighted by atomic mass is 9.89. The Morgan fingerprint density at radius 3 is 2.43 bits per heavy atom. The highest BCUT2D eigenvalue weighted by Gasteiger charge is 2.55. The van der Waals surface area contributed by atoms with Crippen LogP contribution < -0.4 is 14.9 Å². The predicted octanol–water partition coefficient (Wildman–Crippen LogP) is 0.0246. The van der Waals surface area contributed by atoms with E-state index in [1.165, 1.54) is 11.9 Å². The molecule has 9 nitrogen and oxygen atoms in total. The van der Waals surface area contributed by atoms with Gasteiger partial charge in [0.05, 0.1) is 18.0 Å². The maximum absolute atomic E-state index is 13.8. The molecule has 0 aromatic heterocycles. The lowest BCUT2D eigenvalue weighted by Crippen LogP contribution is -2.62. The van der Waals surface area contributed by atoms with Gasteiger partial charge in [0, 0.05) is 37.9 Å². The Kier molecular flexibility index (Phi) is 6.24. The van der Waals surface area contributed by atoms with Gasteiger partial charge >= 0.3 is 0 Å². The number of hydrogen-bond acceptors (Lipinski definition) is 6. The quantitative estimate of drug-likeness (QED) is 0.649. The van der Waals surface area contributed by atoms with Crippen LogP contribution in [0.1, 0.15) is 26.3 Å². The SMILES string of the molecule is CNC(=O)CN1C(=O)C(CNS(=O)(=O)C(C)(C)C)(N2CCOCC2)c2ccccc21. The maximum atomic E-state index is 13.8. The fourth-order valence-corrected chi connectivity index (χ4v) is 4.67. The van der Waals surface area contributed by atoms with E-state index in [2.05, 4.69) is 10.0 Å². The number of rotatable bonds is 6. The first-order chi connectivity index (χ1) is 14.0. The van der Waals surface area contributed by atoms with E-state index in [0.717, 1.165) is 0 Å². The minimum absolute atomic E-state index is 0.118. The molecule has 0 spiro atoms. The van der Waals surface area contributed by atoms with Crippen LogP contribution >= 0.6 is 0 Å². The molecule has 3 rings (SSSR count). The molecule has 2 aliphatic rings. The smallest absolute Gasteiger partial charge is 0.254 e. The zero-order valence-electron chi connectivity index (χ0n) is 17.9. The van der Waals surface area contributed by atoms with Gasteiger partial charge in [-0.2, -0.15) is 0 Å². The Bertz CT molecular complexity index is 921. The van der Waals surface area contributed by atoms with Crippen LogP contribution in [0.15, 0.2) is 24.3 Å². The molecule has 2 amide bonds. The molecule has 1 aromatic carbocycles. The Balaban J connectivity index is 2.09. The van der Waals surface area contributed by atoms with E-state index < -0.39 is 20.3 Å². The van der Waals surface area contributed by atoms with Gasteiger partial charge in [-0.3, -0.25) is 14.5 Å². The van der Waals surface area contributed by atoms with E-state index in [0.29, 0.717) is 37.6 Å². The third kappa shape index (κ3) is 3.84. The normalized spacial score (nSPS) is 22.8. The number of sulfonamides is 1. The average Bonchev–Trinajstić information content (AvgIpc) is 2.95. The number of fused-ring (bicyclic) bond motifs is 1. The van der Waals surface area contributed by atoms with Gasteiger partial charge in [0.25, 0.3) is 5.91 Å². The van der Waals surface area contributed by atoms with Crippen molar-refractivity contribution in [1.82, 2.24) is 14.9 Å². The summed E-state index contributed by atoms with van der Waals surface area (Å²) in [5, 5.41) is 2.55. The van der Waals surface area contributed by atoms with Crippen LogP contribution in [-0.4, -0.2) is 76.3 Å². The summed E-state index contributed by atoms with van der Waals surface area (Å²) in [7, 11) is -2.18. The molecule has 30 heavy (non-hydrogen) atoms. The van der Waals surface area contributed by atoms with Crippen molar-refractivity contribution in [2.75, 3.05) is 51.3 Å². The number of amides is 2. The van der Waals surface area contributed by atoms with Crippen LogP contribution in [0.2, 0.25) is 0 Å². The molecule has 2 heterocycles. The molecule has 0 bridgehead atoms. The van der Waals surface area contributed by atoms with Crippen molar-refractivity contribution in [3.8, 4) is 0 Å². The van der Waals surface area contributed by atoms with Crippen molar-refractivity contribution in [3.05, 3.63) is 29.8 Å². The number of hydrogen-bond donors (Lipinski definition) is 2. The fraction of sp³-hybridized carbons (Fsp3) is 0.600. The van der Waals surface area contributed by atoms with E-state index in [-0.39, 0.29) is 24.9 Å². The van der Waals surface area contributed by atoms with E-state index in [4.69, 9.17) is 4.74 Å². The Hall–Kier alpha value is -2.01. The fourth-order valence-electron chi connectivity index (χ4n) is 3.84. The summed E-state index contributed by atoms with van der Waals surface area (Å²) in [5.74, 6) is -0.614. The van der Waals surface area contributed by atoms with Crippen LogP contribution in [-0.2, 0) is 29.9 Å². The van der Waals surface area contributed by atoms with Gasteiger partial charge in [0.1, 0.15) is 12.1 Å². The Labute approximate surface area is 177 Å². The number of morpholine rings is 1. The van der Waals surface area contributed by atoms with Crippen molar-refractivity contribution in [3.63, 3.8) is 0 Å². The molecule has 0 aliphatic carbocycles. The predicted molar refractivity (Wildman–Crippen MR) is 114 cm³/mol. The van der Waals surface area contributed by atoms with Gasteiger partial charge in [-0.25, -0.2) is 13.1 Å². The van der Waals surface area contributed by atoms with Gasteiger partial charge < -0.3 is 15.0 Å². The molecule has 0 radical (unpaired) electrons. The average molecular weight is 439 g/mol.